The molecule has 0 radical (unpaired) electrons. The van der Waals surface area contributed by atoms with Gasteiger partial charge < -0.3 is 16.0 Å². The van der Waals surface area contributed by atoms with E-state index in [-0.39, 0.29) is 23.7 Å². The van der Waals surface area contributed by atoms with Crippen molar-refractivity contribution < 1.29 is 9.59 Å². The van der Waals surface area contributed by atoms with Crippen LogP contribution in [0.3, 0.4) is 0 Å². The van der Waals surface area contributed by atoms with Crippen LogP contribution in [-0.2, 0) is 9.59 Å². The average molecular weight is 510 g/mol. The number of primary amides is 1. The first-order valence-corrected chi connectivity index (χ1v) is 14.7. The van der Waals surface area contributed by atoms with Crippen molar-refractivity contribution in [1.82, 2.24) is 14.6 Å². The highest BCUT2D eigenvalue weighted by molar-refractivity contribution is 7.13. The quantitative estimate of drug-likeness (QED) is 0.596. The number of nitrogens with one attached hydrogen (secondary N) is 1. The molecule has 1 aromatic carbocycles. The van der Waals surface area contributed by atoms with E-state index in [1.807, 2.05) is 0 Å². The summed E-state index contributed by atoms with van der Waals surface area (Å²) in [6.45, 7) is 6.01. The van der Waals surface area contributed by atoms with Gasteiger partial charge in [0.15, 0.2) is 0 Å². The molecule has 194 valence electrons. The molecule has 3 aliphatic carbocycles. The Labute approximate surface area is 217 Å². The Bertz CT molecular complexity index is 1100. The Hall–Kier alpha value is -2.19. The van der Waals surface area contributed by atoms with Crippen LogP contribution in [-0.4, -0.2) is 60.4 Å². The molecule has 3 saturated carbocycles. The van der Waals surface area contributed by atoms with Gasteiger partial charge in [0, 0.05) is 44.7 Å². The van der Waals surface area contributed by atoms with Gasteiger partial charge in [-0.15, -0.1) is 0 Å². The molecule has 4 aliphatic rings. The molecule has 1 aliphatic heterocycles. The molecule has 8 heteroatoms. The summed E-state index contributed by atoms with van der Waals surface area (Å²) in [5.41, 5.74) is 5.71. The highest BCUT2D eigenvalue weighted by atomic mass is 32.1. The number of nitrogens with two attached hydrogens (primary N) is 1. The van der Waals surface area contributed by atoms with Gasteiger partial charge in [0.25, 0.3) is 0 Å². The minimum absolute atomic E-state index is 0.0828. The van der Waals surface area contributed by atoms with E-state index < -0.39 is 0 Å². The van der Waals surface area contributed by atoms with E-state index >= 15 is 0 Å². The van der Waals surface area contributed by atoms with Gasteiger partial charge in [0.2, 0.25) is 11.8 Å². The smallest absolute Gasteiger partial charge is 0.224 e. The molecule has 2 aromatic rings. The Kier molecular flexibility index (Phi) is 6.90. The fraction of sp³-hybridized carbons (Fsp3) is 0.679. The zero-order valence-corrected chi connectivity index (χ0v) is 21.9. The second-order valence-corrected chi connectivity index (χ2v) is 12.4. The second kappa shape index (κ2) is 10.3. The van der Waals surface area contributed by atoms with E-state index in [9.17, 15) is 9.59 Å². The van der Waals surface area contributed by atoms with E-state index in [1.165, 1.54) is 35.8 Å². The molecule has 1 aromatic heterocycles. The first-order valence-electron chi connectivity index (χ1n) is 14.0. The van der Waals surface area contributed by atoms with Crippen LogP contribution >= 0.6 is 11.5 Å². The van der Waals surface area contributed by atoms with Gasteiger partial charge >= 0.3 is 0 Å². The highest BCUT2D eigenvalue weighted by Gasteiger charge is 2.53. The monoisotopic (exact) mass is 509 g/mol. The fourth-order valence-corrected chi connectivity index (χ4v) is 8.59. The molecular weight excluding hydrogens is 470 g/mol. The molecule has 4 fully saturated rings. The van der Waals surface area contributed by atoms with Gasteiger partial charge in [-0.25, -0.2) is 0 Å². The standard InChI is InChI=1S/C28H39N5O2S/c29-26(34)24-18-9-10-19(15-18)25(24)28(35)30-16-20-5-1-2-6-21(20)17-32-11-13-33(14-12-32)27-22-7-3-4-8-23(22)36-31-27/h3-4,7-8,18-21,24-25H,1-2,5-6,9-17H2,(H2,29,34)(H,30,35)/t18-,19+,20?,21-,24+,25-/m0/s1. The molecule has 2 bridgehead atoms. The third-order valence-corrected chi connectivity index (χ3v) is 10.5. The number of amides is 2. The van der Waals surface area contributed by atoms with Crippen LogP contribution in [0.15, 0.2) is 24.3 Å². The number of hydrogen-bond donors (Lipinski definition) is 2. The summed E-state index contributed by atoms with van der Waals surface area (Å²) >= 11 is 1.59. The van der Waals surface area contributed by atoms with Crippen molar-refractivity contribution in [1.29, 1.82) is 0 Å². The minimum Gasteiger partial charge on any atom is -0.369 e. The zero-order chi connectivity index (χ0) is 24.6. The summed E-state index contributed by atoms with van der Waals surface area (Å²) in [5.74, 6) is 2.32. The molecule has 3 N–H and O–H groups in total. The summed E-state index contributed by atoms with van der Waals surface area (Å²) in [7, 11) is 0. The number of rotatable bonds is 7. The highest BCUT2D eigenvalue weighted by Crippen LogP contribution is 2.52. The molecule has 1 unspecified atom stereocenters. The second-order valence-electron chi connectivity index (χ2n) is 11.6. The molecule has 36 heavy (non-hydrogen) atoms. The van der Waals surface area contributed by atoms with Gasteiger partial charge in [0.1, 0.15) is 5.82 Å². The number of carbonyl (C=O) groups is 2. The maximum Gasteiger partial charge on any atom is 0.224 e. The first kappa shape index (κ1) is 24.2. The van der Waals surface area contributed by atoms with Crippen LogP contribution < -0.4 is 16.0 Å². The SMILES string of the molecule is NC(=O)[C@@H]1[C@H]2CC[C@H](C2)[C@@H]1C(=O)NCC1CCCC[C@H]1CN1CCN(c2nsc3ccccc23)CC1. The van der Waals surface area contributed by atoms with Gasteiger partial charge in [0.05, 0.1) is 16.5 Å². The van der Waals surface area contributed by atoms with Crippen molar-refractivity contribution in [3.63, 3.8) is 0 Å². The lowest BCUT2D eigenvalue weighted by molar-refractivity contribution is -0.135. The topological polar surface area (TPSA) is 91.6 Å². The van der Waals surface area contributed by atoms with Crippen LogP contribution in [0.5, 0.6) is 0 Å². The maximum absolute atomic E-state index is 13.2. The Morgan fingerprint density at radius 2 is 1.69 bits per heavy atom. The molecule has 6 atom stereocenters. The van der Waals surface area contributed by atoms with E-state index in [1.54, 1.807) is 11.5 Å². The van der Waals surface area contributed by atoms with Crippen LogP contribution in [0.2, 0.25) is 0 Å². The number of fused-ring (bicyclic) bond motifs is 3. The number of piperazine rings is 1. The average Bonchev–Trinajstić information content (AvgIpc) is 3.63. The lowest BCUT2D eigenvalue weighted by Gasteiger charge is -2.40. The number of anilines is 1. The lowest BCUT2D eigenvalue weighted by atomic mass is 9.77. The number of benzene rings is 1. The third kappa shape index (κ3) is 4.62. The predicted octanol–water partition coefficient (Wildman–Crippen LogP) is 3.49. The number of hydrogen-bond acceptors (Lipinski definition) is 6. The molecule has 2 amide bonds. The fourth-order valence-electron chi connectivity index (χ4n) is 7.80. The minimum atomic E-state index is -0.275. The Morgan fingerprint density at radius 3 is 2.47 bits per heavy atom. The van der Waals surface area contributed by atoms with E-state index in [0.29, 0.717) is 23.7 Å². The van der Waals surface area contributed by atoms with Crippen LogP contribution in [0.4, 0.5) is 5.82 Å². The first-order chi connectivity index (χ1) is 17.6. The van der Waals surface area contributed by atoms with Gasteiger partial charge in [-0.1, -0.05) is 25.0 Å². The van der Waals surface area contributed by atoms with Crippen LogP contribution in [0.25, 0.3) is 10.1 Å². The van der Waals surface area contributed by atoms with Crippen molar-refractivity contribution in [2.45, 2.75) is 44.9 Å². The number of aromatic nitrogens is 1. The van der Waals surface area contributed by atoms with Crippen LogP contribution in [0.1, 0.15) is 44.9 Å². The van der Waals surface area contributed by atoms with E-state index in [4.69, 9.17) is 10.1 Å². The summed E-state index contributed by atoms with van der Waals surface area (Å²) < 4.78 is 6.01. The van der Waals surface area contributed by atoms with Crippen LogP contribution in [0, 0.1) is 35.5 Å². The Morgan fingerprint density at radius 1 is 0.972 bits per heavy atom. The summed E-state index contributed by atoms with van der Waals surface area (Å²) in [5, 5.41) is 4.56. The molecule has 1 saturated heterocycles. The van der Waals surface area contributed by atoms with E-state index in [0.717, 1.165) is 64.3 Å². The molecule has 6 rings (SSSR count). The van der Waals surface area contributed by atoms with Gasteiger partial charge in [-0.05, 0) is 79.4 Å². The van der Waals surface area contributed by atoms with Crippen molar-refractivity contribution in [3.05, 3.63) is 24.3 Å². The van der Waals surface area contributed by atoms with Crippen molar-refractivity contribution in [3.8, 4) is 0 Å². The number of carbonyl (C=O) groups excluding carboxylic acids is 2. The summed E-state index contributed by atoms with van der Waals surface area (Å²) in [6.07, 6.45) is 8.09. The molecule has 7 nitrogen and oxygen atoms in total. The largest absolute Gasteiger partial charge is 0.369 e. The molecule has 2 heterocycles. The number of nitrogens with zero attached hydrogens (tertiary/aromatic N) is 3. The maximum atomic E-state index is 13.2. The van der Waals surface area contributed by atoms with Crippen molar-refractivity contribution in [2.24, 2.45) is 41.2 Å². The van der Waals surface area contributed by atoms with Crippen molar-refractivity contribution >= 4 is 39.3 Å². The third-order valence-electron chi connectivity index (χ3n) is 9.68. The van der Waals surface area contributed by atoms with Crippen molar-refractivity contribution in [2.75, 3.05) is 44.2 Å². The normalized spacial score (nSPS) is 32.7. The summed E-state index contributed by atoms with van der Waals surface area (Å²) in [4.78, 5) is 30.3. The molecular formula is C28H39N5O2S. The Balaban J connectivity index is 1.02. The predicted molar refractivity (Wildman–Crippen MR) is 144 cm³/mol. The lowest BCUT2D eigenvalue weighted by Crippen LogP contribution is -2.50. The van der Waals surface area contributed by atoms with E-state index in [2.05, 4.69) is 39.4 Å². The van der Waals surface area contributed by atoms with Gasteiger partial charge in [-0.2, -0.15) is 4.37 Å². The van der Waals surface area contributed by atoms with Gasteiger partial charge in [-0.3, -0.25) is 14.5 Å². The molecule has 0 spiro atoms. The zero-order valence-electron chi connectivity index (χ0n) is 21.1. The summed E-state index contributed by atoms with van der Waals surface area (Å²) in [6, 6.07) is 8.52.